The summed E-state index contributed by atoms with van der Waals surface area (Å²) in [4.78, 5) is 0. The van der Waals surface area contributed by atoms with Gasteiger partial charge in [0.2, 0.25) is 0 Å². The Kier molecular flexibility index (Phi) is 4.10. The number of benzene rings is 1. The molecule has 2 rings (SSSR count). The molecule has 0 aromatic heterocycles. The molecule has 1 saturated heterocycles. The Morgan fingerprint density at radius 3 is 2.40 bits per heavy atom. The molecule has 0 saturated carbocycles. The van der Waals surface area contributed by atoms with Gasteiger partial charge in [-0.05, 0) is 26.0 Å². The van der Waals surface area contributed by atoms with Crippen LogP contribution in [0.15, 0.2) is 24.3 Å². The van der Waals surface area contributed by atoms with Gasteiger partial charge in [0.05, 0.1) is 24.9 Å². The summed E-state index contributed by atoms with van der Waals surface area (Å²) in [6.45, 7) is 4.24. The van der Waals surface area contributed by atoms with Crippen molar-refractivity contribution in [1.82, 2.24) is 0 Å². The second-order valence-electron chi connectivity index (χ2n) is 4.91. The van der Waals surface area contributed by atoms with E-state index in [2.05, 4.69) is 10.1 Å². The third kappa shape index (κ3) is 4.28. The van der Waals surface area contributed by atoms with Crippen molar-refractivity contribution in [3.05, 3.63) is 24.3 Å². The van der Waals surface area contributed by atoms with Crippen molar-refractivity contribution in [2.24, 2.45) is 0 Å². The van der Waals surface area contributed by atoms with Crippen molar-refractivity contribution < 1.29 is 27.4 Å². The van der Waals surface area contributed by atoms with Gasteiger partial charge in [0.15, 0.2) is 11.5 Å². The molecule has 1 aromatic carbocycles. The van der Waals surface area contributed by atoms with Crippen LogP contribution in [0, 0.1) is 0 Å². The lowest BCUT2D eigenvalue weighted by atomic mass is 10.2. The van der Waals surface area contributed by atoms with Gasteiger partial charge in [-0.15, -0.1) is 13.2 Å². The average molecular weight is 291 g/mol. The Labute approximate surface area is 114 Å². The molecule has 1 fully saturated rings. The minimum absolute atomic E-state index is 0.235. The molecule has 0 atom stereocenters. The number of ether oxygens (including phenoxy) is 3. The number of nitrogens with one attached hydrogen (secondary N) is 1. The molecule has 0 spiro atoms. The molecular weight excluding hydrogens is 275 g/mol. The number of para-hydroxylation sites is 2. The van der Waals surface area contributed by atoms with Crippen molar-refractivity contribution in [3.63, 3.8) is 0 Å². The molecule has 0 bridgehead atoms. The third-order valence-electron chi connectivity index (χ3n) is 2.74. The number of hydrogen-bond acceptors (Lipinski definition) is 4. The van der Waals surface area contributed by atoms with E-state index >= 15 is 0 Å². The molecule has 1 N–H and O–H groups in total. The van der Waals surface area contributed by atoms with Crippen LogP contribution >= 0.6 is 0 Å². The topological polar surface area (TPSA) is 39.7 Å². The molecule has 20 heavy (non-hydrogen) atoms. The lowest BCUT2D eigenvalue weighted by Gasteiger charge is -2.35. The van der Waals surface area contributed by atoms with E-state index < -0.39 is 12.1 Å². The van der Waals surface area contributed by atoms with E-state index in [0.717, 1.165) is 0 Å². The zero-order chi connectivity index (χ0) is 14.8. The molecule has 1 aliphatic rings. The van der Waals surface area contributed by atoms with E-state index in [4.69, 9.17) is 9.47 Å². The first kappa shape index (κ1) is 14.9. The Hall–Kier alpha value is -1.47. The predicted octanol–water partition coefficient (Wildman–Crippen LogP) is 3.15. The zero-order valence-electron chi connectivity index (χ0n) is 11.2. The third-order valence-corrected chi connectivity index (χ3v) is 2.74. The Morgan fingerprint density at radius 2 is 1.80 bits per heavy atom. The van der Waals surface area contributed by atoms with Gasteiger partial charge in [-0.25, -0.2) is 0 Å². The van der Waals surface area contributed by atoms with Crippen molar-refractivity contribution in [2.75, 3.05) is 18.5 Å². The quantitative estimate of drug-likeness (QED) is 0.928. The summed E-state index contributed by atoms with van der Waals surface area (Å²) in [5.74, 6) is -0.940. The average Bonchev–Trinajstić information content (AvgIpc) is 2.32. The summed E-state index contributed by atoms with van der Waals surface area (Å²) in [6, 6.07) is 5.63. The van der Waals surface area contributed by atoms with E-state index in [-0.39, 0.29) is 17.5 Å². The summed E-state index contributed by atoms with van der Waals surface area (Å²) in [7, 11) is 0. The first-order valence-corrected chi connectivity index (χ1v) is 6.14. The molecule has 1 aromatic rings. The number of rotatable bonds is 3. The summed E-state index contributed by atoms with van der Waals surface area (Å²) in [5, 5.41) is 2.93. The van der Waals surface area contributed by atoms with Gasteiger partial charge in [0.1, 0.15) is 0 Å². The SMILES string of the molecule is CC1(C)OCC(Nc2ccccc2OC(F)(F)F)CO1. The maximum atomic E-state index is 12.3. The van der Waals surface area contributed by atoms with Crippen LogP contribution in [0.3, 0.4) is 0 Å². The predicted molar refractivity (Wildman–Crippen MR) is 66.5 cm³/mol. The van der Waals surface area contributed by atoms with Crippen LogP contribution in [0.4, 0.5) is 18.9 Å². The molecule has 7 heteroatoms. The van der Waals surface area contributed by atoms with Crippen LogP contribution < -0.4 is 10.1 Å². The minimum atomic E-state index is -4.72. The lowest BCUT2D eigenvalue weighted by Crippen LogP contribution is -2.45. The van der Waals surface area contributed by atoms with Gasteiger partial charge >= 0.3 is 6.36 Å². The fraction of sp³-hybridized carbons (Fsp3) is 0.538. The summed E-state index contributed by atoms with van der Waals surface area (Å²) in [5.41, 5.74) is 0.252. The molecule has 112 valence electrons. The zero-order valence-corrected chi connectivity index (χ0v) is 11.2. The minimum Gasteiger partial charge on any atom is -0.404 e. The summed E-state index contributed by atoms with van der Waals surface area (Å²) in [6.07, 6.45) is -4.72. The van der Waals surface area contributed by atoms with Gasteiger partial charge in [0, 0.05) is 0 Å². The highest BCUT2D eigenvalue weighted by molar-refractivity contribution is 5.56. The molecular formula is C13H16F3NO3. The summed E-state index contributed by atoms with van der Waals surface area (Å²) >= 11 is 0. The van der Waals surface area contributed by atoms with E-state index in [1.165, 1.54) is 18.2 Å². The largest absolute Gasteiger partial charge is 0.573 e. The number of hydrogen-bond donors (Lipinski definition) is 1. The van der Waals surface area contributed by atoms with Gasteiger partial charge < -0.3 is 19.5 Å². The van der Waals surface area contributed by atoms with Gasteiger partial charge in [0.25, 0.3) is 0 Å². The van der Waals surface area contributed by atoms with E-state index in [1.807, 2.05) is 0 Å². The van der Waals surface area contributed by atoms with Crippen molar-refractivity contribution in [3.8, 4) is 5.75 Å². The number of halogens is 3. The molecule has 0 radical (unpaired) electrons. The van der Waals surface area contributed by atoms with Gasteiger partial charge in [-0.1, -0.05) is 12.1 Å². The van der Waals surface area contributed by atoms with Crippen LogP contribution in [0.1, 0.15) is 13.8 Å². The second-order valence-corrected chi connectivity index (χ2v) is 4.91. The molecule has 1 heterocycles. The van der Waals surface area contributed by atoms with Crippen molar-refractivity contribution in [1.29, 1.82) is 0 Å². The highest BCUT2D eigenvalue weighted by Crippen LogP contribution is 2.31. The fourth-order valence-electron chi connectivity index (χ4n) is 1.80. The molecule has 0 amide bonds. The van der Waals surface area contributed by atoms with Crippen molar-refractivity contribution in [2.45, 2.75) is 32.0 Å². The smallest absolute Gasteiger partial charge is 0.404 e. The van der Waals surface area contributed by atoms with Crippen LogP contribution in [-0.2, 0) is 9.47 Å². The fourth-order valence-corrected chi connectivity index (χ4v) is 1.80. The maximum Gasteiger partial charge on any atom is 0.573 e. The van der Waals surface area contributed by atoms with Crippen LogP contribution in [0.2, 0.25) is 0 Å². The monoisotopic (exact) mass is 291 g/mol. The number of alkyl halides is 3. The van der Waals surface area contributed by atoms with E-state index in [0.29, 0.717) is 13.2 Å². The second kappa shape index (κ2) is 5.49. The Bertz CT molecular complexity index is 452. The van der Waals surface area contributed by atoms with Crippen LogP contribution in [0.5, 0.6) is 5.75 Å². The van der Waals surface area contributed by atoms with Crippen molar-refractivity contribution >= 4 is 5.69 Å². The normalized spacial score (nSPS) is 19.6. The molecule has 4 nitrogen and oxygen atoms in total. The summed E-state index contributed by atoms with van der Waals surface area (Å²) < 4.78 is 51.8. The number of anilines is 1. The molecule has 1 aliphatic heterocycles. The highest BCUT2D eigenvalue weighted by atomic mass is 19.4. The van der Waals surface area contributed by atoms with Gasteiger partial charge in [-0.2, -0.15) is 0 Å². The lowest BCUT2D eigenvalue weighted by molar-refractivity contribution is -0.274. The van der Waals surface area contributed by atoms with E-state index in [1.54, 1.807) is 19.9 Å². The first-order valence-electron chi connectivity index (χ1n) is 6.14. The maximum absolute atomic E-state index is 12.3. The Balaban J connectivity index is 2.03. The van der Waals surface area contributed by atoms with Crippen LogP contribution in [0.25, 0.3) is 0 Å². The Morgan fingerprint density at radius 1 is 1.20 bits per heavy atom. The highest BCUT2D eigenvalue weighted by Gasteiger charge is 2.33. The first-order chi connectivity index (χ1) is 9.25. The molecule has 0 unspecified atom stereocenters. The molecule has 0 aliphatic carbocycles. The van der Waals surface area contributed by atoms with Gasteiger partial charge in [-0.3, -0.25) is 0 Å². The van der Waals surface area contributed by atoms with Crippen LogP contribution in [-0.4, -0.2) is 31.4 Å². The van der Waals surface area contributed by atoms with E-state index in [9.17, 15) is 13.2 Å². The standard InChI is InChI=1S/C13H16F3NO3/c1-12(2)18-7-9(8-19-12)17-10-5-3-4-6-11(10)20-13(14,15)16/h3-6,9,17H,7-8H2,1-2H3.